The average molecular weight is 367 g/mol. The van der Waals surface area contributed by atoms with Crippen molar-refractivity contribution in [3.8, 4) is 0 Å². The van der Waals surface area contributed by atoms with Crippen molar-refractivity contribution in [1.82, 2.24) is 15.2 Å². The topological polar surface area (TPSA) is 70.7 Å². The van der Waals surface area contributed by atoms with E-state index in [-0.39, 0.29) is 5.91 Å². The molecule has 7 heteroatoms. The van der Waals surface area contributed by atoms with E-state index < -0.39 is 0 Å². The van der Waals surface area contributed by atoms with Crippen LogP contribution in [0.25, 0.3) is 0 Å². The molecule has 2 aromatic rings. The minimum atomic E-state index is -0.0673. The number of carbonyl (C=O) groups is 1. The molecule has 0 aliphatic heterocycles. The molecule has 0 spiro atoms. The highest BCUT2D eigenvalue weighted by molar-refractivity contribution is 9.10. The lowest BCUT2D eigenvalue weighted by molar-refractivity contribution is -0.113. The van der Waals surface area contributed by atoms with Gasteiger partial charge in [-0.05, 0) is 53.4 Å². The zero-order valence-electron chi connectivity index (χ0n) is 11.5. The Morgan fingerprint density at radius 2 is 2.33 bits per heavy atom. The van der Waals surface area contributed by atoms with Gasteiger partial charge in [-0.3, -0.25) is 9.89 Å². The second-order valence-electron chi connectivity index (χ2n) is 5.10. The van der Waals surface area contributed by atoms with Crippen LogP contribution in [0.4, 0.5) is 5.69 Å². The van der Waals surface area contributed by atoms with Crippen molar-refractivity contribution in [1.29, 1.82) is 0 Å². The Balaban J connectivity index is 1.53. The van der Waals surface area contributed by atoms with E-state index in [1.807, 2.05) is 25.1 Å². The van der Waals surface area contributed by atoms with Crippen LogP contribution >= 0.6 is 27.7 Å². The number of H-pyrrole nitrogens is 1. The van der Waals surface area contributed by atoms with Crippen LogP contribution < -0.4 is 5.32 Å². The molecule has 3 rings (SSSR count). The van der Waals surface area contributed by atoms with Gasteiger partial charge in [0.25, 0.3) is 0 Å². The van der Waals surface area contributed by atoms with Crippen molar-refractivity contribution < 1.29 is 4.79 Å². The number of nitrogens with zero attached hydrogens (tertiary/aromatic N) is 2. The van der Waals surface area contributed by atoms with E-state index in [1.54, 1.807) is 0 Å². The van der Waals surface area contributed by atoms with Gasteiger partial charge in [0.05, 0.1) is 11.4 Å². The Bertz CT molecular complexity index is 669. The Morgan fingerprint density at radius 3 is 3.05 bits per heavy atom. The number of benzene rings is 1. The van der Waals surface area contributed by atoms with Crippen molar-refractivity contribution in [2.75, 3.05) is 11.1 Å². The van der Waals surface area contributed by atoms with Gasteiger partial charge in [0, 0.05) is 10.4 Å². The largest absolute Gasteiger partial charge is 0.324 e. The predicted octanol–water partition coefficient (Wildman–Crippen LogP) is 3.48. The van der Waals surface area contributed by atoms with E-state index in [2.05, 4.69) is 36.4 Å². The van der Waals surface area contributed by atoms with Gasteiger partial charge in [-0.25, -0.2) is 4.98 Å². The molecule has 1 aliphatic carbocycles. The maximum Gasteiger partial charge on any atom is 0.234 e. The fourth-order valence-electron chi connectivity index (χ4n) is 1.90. The summed E-state index contributed by atoms with van der Waals surface area (Å²) in [6.07, 6.45) is 2.36. The number of hydrogen-bond acceptors (Lipinski definition) is 4. The molecule has 2 N–H and O–H groups in total. The van der Waals surface area contributed by atoms with Crippen molar-refractivity contribution >= 4 is 39.3 Å². The van der Waals surface area contributed by atoms with Crippen LogP contribution in [-0.2, 0) is 4.79 Å². The number of aromatic nitrogens is 3. The molecule has 1 aromatic heterocycles. The highest BCUT2D eigenvalue weighted by atomic mass is 79.9. The van der Waals surface area contributed by atoms with Gasteiger partial charge in [0.2, 0.25) is 11.1 Å². The first-order valence-corrected chi connectivity index (χ1v) is 8.51. The molecule has 0 radical (unpaired) electrons. The first kappa shape index (κ1) is 14.6. The van der Waals surface area contributed by atoms with E-state index in [0.717, 1.165) is 21.5 Å². The van der Waals surface area contributed by atoms with Crippen LogP contribution in [0, 0.1) is 6.92 Å². The maximum absolute atomic E-state index is 12.0. The average Bonchev–Trinajstić information content (AvgIpc) is 3.19. The van der Waals surface area contributed by atoms with Crippen LogP contribution in [0.15, 0.2) is 27.8 Å². The highest BCUT2D eigenvalue weighted by Gasteiger charge is 2.27. The summed E-state index contributed by atoms with van der Waals surface area (Å²) in [7, 11) is 0. The molecule has 5 nitrogen and oxygen atoms in total. The van der Waals surface area contributed by atoms with Gasteiger partial charge in [0.1, 0.15) is 5.82 Å². The van der Waals surface area contributed by atoms with Crippen molar-refractivity contribution in [3.05, 3.63) is 34.1 Å². The maximum atomic E-state index is 12.0. The molecule has 1 amide bonds. The number of amides is 1. The molecule has 1 aromatic carbocycles. The molecule has 0 saturated heterocycles. The van der Waals surface area contributed by atoms with Crippen LogP contribution in [0.1, 0.15) is 30.1 Å². The SMILES string of the molecule is Cc1ccc(NC(=O)CSc2n[nH]c(C3CC3)n2)c(Br)c1. The minimum absolute atomic E-state index is 0.0673. The molecule has 1 fully saturated rings. The number of halogens is 1. The zero-order chi connectivity index (χ0) is 14.8. The summed E-state index contributed by atoms with van der Waals surface area (Å²) in [5, 5.41) is 10.6. The Kier molecular flexibility index (Phi) is 4.30. The van der Waals surface area contributed by atoms with Crippen molar-refractivity contribution in [2.45, 2.75) is 30.8 Å². The smallest absolute Gasteiger partial charge is 0.234 e. The van der Waals surface area contributed by atoms with Gasteiger partial charge < -0.3 is 5.32 Å². The van der Waals surface area contributed by atoms with Crippen molar-refractivity contribution in [3.63, 3.8) is 0 Å². The third kappa shape index (κ3) is 3.85. The Morgan fingerprint density at radius 1 is 1.52 bits per heavy atom. The molecule has 1 saturated carbocycles. The van der Waals surface area contributed by atoms with E-state index in [4.69, 9.17) is 0 Å². The normalized spacial score (nSPS) is 14.2. The number of hydrogen-bond donors (Lipinski definition) is 2. The number of thioether (sulfide) groups is 1. The lowest BCUT2D eigenvalue weighted by atomic mass is 10.2. The van der Waals surface area contributed by atoms with E-state index in [9.17, 15) is 4.79 Å². The second-order valence-corrected chi connectivity index (χ2v) is 6.89. The lowest BCUT2D eigenvalue weighted by Crippen LogP contribution is -2.14. The number of aryl methyl sites for hydroxylation is 1. The molecule has 110 valence electrons. The summed E-state index contributed by atoms with van der Waals surface area (Å²) in [6.45, 7) is 2.01. The first-order chi connectivity index (χ1) is 10.1. The summed E-state index contributed by atoms with van der Waals surface area (Å²) in [5.41, 5.74) is 1.92. The molecule has 0 unspecified atom stereocenters. The second kappa shape index (κ2) is 6.19. The summed E-state index contributed by atoms with van der Waals surface area (Å²) in [4.78, 5) is 16.3. The molecule has 0 atom stereocenters. The standard InChI is InChI=1S/C14H15BrN4OS/c1-8-2-5-11(10(15)6-8)16-12(20)7-21-14-17-13(18-19-14)9-3-4-9/h2,5-6,9H,3-4,7H2,1H3,(H,16,20)(H,17,18,19). The molecule has 1 heterocycles. The van der Waals surface area contributed by atoms with Gasteiger partial charge >= 0.3 is 0 Å². The predicted molar refractivity (Wildman–Crippen MR) is 86.6 cm³/mol. The quantitative estimate of drug-likeness (QED) is 0.794. The van der Waals surface area contributed by atoms with Gasteiger partial charge in [0.15, 0.2) is 0 Å². The number of aromatic amines is 1. The Labute approximate surface area is 135 Å². The summed E-state index contributed by atoms with van der Waals surface area (Å²) >= 11 is 4.79. The minimum Gasteiger partial charge on any atom is -0.324 e. The van der Waals surface area contributed by atoms with Crippen LogP contribution in [0.2, 0.25) is 0 Å². The van der Waals surface area contributed by atoms with Gasteiger partial charge in [-0.15, -0.1) is 5.10 Å². The van der Waals surface area contributed by atoms with Crippen LogP contribution in [0.5, 0.6) is 0 Å². The lowest BCUT2D eigenvalue weighted by Gasteiger charge is -2.07. The van der Waals surface area contributed by atoms with Crippen LogP contribution in [-0.4, -0.2) is 26.8 Å². The third-order valence-electron chi connectivity index (χ3n) is 3.18. The number of nitrogens with one attached hydrogen (secondary N) is 2. The molecular weight excluding hydrogens is 352 g/mol. The van der Waals surface area contributed by atoms with E-state index in [0.29, 0.717) is 16.8 Å². The fourth-order valence-corrected chi connectivity index (χ4v) is 3.10. The highest BCUT2D eigenvalue weighted by Crippen LogP contribution is 2.38. The third-order valence-corrected chi connectivity index (χ3v) is 4.68. The Hall–Kier alpha value is -1.34. The molecule has 1 aliphatic rings. The first-order valence-electron chi connectivity index (χ1n) is 6.73. The fraction of sp³-hybridized carbons (Fsp3) is 0.357. The summed E-state index contributed by atoms with van der Waals surface area (Å²) < 4.78 is 0.884. The summed E-state index contributed by atoms with van der Waals surface area (Å²) in [6, 6.07) is 5.82. The van der Waals surface area contributed by atoms with Gasteiger partial charge in [-0.1, -0.05) is 17.8 Å². The number of rotatable bonds is 5. The molecule has 21 heavy (non-hydrogen) atoms. The number of carbonyl (C=O) groups excluding carboxylic acids is 1. The molecular formula is C14H15BrN4OS. The number of anilines is 1. The van der Waals surface area contributed by atoms with E-state index in [1.165, 1.54) is 24.6 Å². The zero-order valence-corrected chi connectivity index (χ0v) is 13.9. The van der Waals surface area contributed by atoms with Crippen molar-refractivity contribution in [2.24, 2.45) is 0 Å². The monoisotopic (exact) mass is 366 g/mol. The van der Waals surface area contributed by atoms with E-state index >= 15 is 0 Å². The summed E-state index contributed by atoms with van der Waals surface area (Å²) in [5.74, 6) is 1.72. The van der Waals surface area contributed by atoms with Gasteiger partial charge in [-0.2, -0.15) is 0 Å². The van der Waals surface area contributed by atoms with Crippen LogP contribution in [0.3, 0.4) is 0 Å². The molecule has 0 bridgehead atoms.